The van der Waals surface area contributed by atoms with E-state index in [4.69, 9.17) is 5.10 Å². The standard InChI is InChI=1S/C23H29N3O/c1-17-13-18(2)15-19(14-17)21-16-23(3,4)26(25-21)22(27)11-8-12-24-20-9-6-5-7-10-20/h5-7,9-10,13-15,24H,8,11-12,16H2,1-4H3. The molecule has 3 rings (SSSR count). The highest BCUT2D eigenvalue weighted by atomic mass is 16.2. The molecule has 1 aliphatic heterocycles. The quantitative estimate of drug-likeness (QED) is 0.741. The van der Waals surface area contributed by atoms with Crippen LogP contribution < -0.4 is 5.32 Å². The molecule has 142 valence electrons. The molecule has 2 aromatic carbocycles. The number of rotatable bonds is 6. The van der Waals surface area contributed by atoms with Crippen LogP contribution in [0.25, 0.3) is 0 Å². The molecule has 1 heterocycles. The van der Waals surface area contributed by atoms with Crippen LogP contribution >= 0.6 is 0 Å². The Labute approximate surface area is 162 Å². The van der Waals surface area contributed by atoms with Crippen molar-refractivity contribution in [2.75, 3.05) is 11.9 Å². The predicted octanol–water partition coefficient (Wildman–Crippen LogP) is 4.91. The highest BCUT2D eigenvalue weighted by molar-refractivity contribution is 6.03. The number of para-hydroxylation sites is 1. The van der Waals surface area contributed by atoms with E-state index in [0.29, 0.717) is 6.42 Å². The van der Waals surface area contributed by atoms with E-state index in [1.165, 1.54) is 11.1 Å². The Morgan fingerprint density at radius 1 is 1.11 bits per heavy atom. The van der Waals surface area contributed by atoms with Gasteiger partial charge in [0.05, 0.1) is 11.3 Å². The molecule has 0 aliphatic carbocycles. The van der Waals surface area contributed by atoms with Crippen molar-refractivity contribution in [1.82, 2.24) is 5.01 Å². The van der Waals surface area contributed by atoms with E-state index >= 15 is 0 Å². The third-order valence-corrected chi connectivity index (χ3v) is 4.86. The lowest BCUT2D eigenvalue weighted by Crippen LogP contribution is -2.40. The van der Waals surface area contributed by atoms with Crippen LogP contribution in [0.15, 0.2) is 53.6 Å². The van der Waals surface area contributed by atoms with E-state index in [9.17, 15) is 4.79 Å². The normalized spacial score (nSPS) is 15.6. The number of anilines is 1. The molecule has 4 heteroatoms. The molecular weight excluding hydrogens is 334 g/mol. The fourth-order valence-electron chi connectivity index (χ4n) is 3.60. The van der Waals surface area contributed by atoms with Gasteiger partial charge in [0, 0.05) is 25.1 Å². The molecular formula is C23H29N3O. The summed E-state index contributed by atoms with van der Waals surface area (Å²) in [5.74, 6) is 0.0919. The maximum atomic E-state index is 12.8. The molecule has 0 atom stereocenters. The lowest BCUT2D eigenvalue weighted by atomic mass is 9.93. The average Bonchev–Trinajstić information content (AvgIpc) is 2.94. The average molecular weight is 364 g/mol. The number of amides is 1. The highest BCUT2D eigenvalue weighted by Gasteiger charge is 2.38. The Morgan fingerprint density at radius 2 is 1.78 bits per heavy atom. The molecule has 1 amide bonds. The SMILES string of the molecule is Cc1cc(C)cc(C2=NN(C(=O)CCCNc3ccccc3)C(C)(C)C2)c1. The summed E-state index contributed by atoms with van der Waals surface area (Å²) in [6.45, 7) is 9.15. The lowest BCUT2D eigenvalue weighted by Gasteiger charge is -2.28. The van der Waals surface area contributed by atoms with Crippen molar-refractivity contribution >= 4 is 17.3 Å². The van der Waals surface area contributed by atoms with Gasteiger partial charge < -0.3 is 5.32 Å². The number of benzene rings is 2. The Bertz CT molecular complexity index is 820. The van der Waals surface area contributed by atoms with E-state index < -0.39 is 0 Å². The van der Waals surface area contributed by atoms with Gasteiger partial charge in [-0.2, -0.15) is 5.10 Å². The summed E-state index contributed by atoms with van der Waals surface area (Å²) in [5.41, 5.74) is 5.38. The molecule has 0 bridgehead atoms. The van der Waals surface area contributed by atoms with Gasteiger partial charge in [-0.3, -0.25) is 4.79 Å². The molecule has 2 aromatic rings. The summed E-state index contributed by atoms with van der Waals surface area (Å²) in [4.78, 5) is 12.8. The summed E-state index contributed by atoms with van der Waals surface area (Å²) in [6, 6.07) is 16.5. The van der Waals surface area contributed by atoms with E-state index in [1.807, 2.05) is 30.3 Å². The first-order valence-electron chi connectivity index (χ1n) is 9.63. The van der Waals surface area contributed by atoms with Crippen molar-refractivity contribution in [3.8, 4) is 0 Å². The summed E-state index contributed by atoms with van der Waals surface area (Å²) in [7, 11) is 0. The minimum atomic E-state index is -0.281. The first-order chi connectivity index (χ1) is 12.8. The van der Waals surface area contributed by atoms with E-state index in [-0.39, 0.29) is 11.4 Å². The van der Waals surface area contributed by atoms with Gasteiger partial charge in [-0.15, -0.1) is 0 Å². The molecule has 0 fully saturated rings. The summed E-state index contributed by atoms with van der Waals surface area (Å²) in [6.07, 6.45) is 2.06. The van der Waals surface area contributed by atoms with Crippen LogP contribution in [-0.2, 0) is 4.79 Å². The van der Waals surface area contributed by atoms with E-state index in [0.717, 1.165) is 36.3 Å². The Hall–Kier alpha value is -2.62. The van der Waals surface area contributed by atoms with Gasteiger partial charge >= 0.3 is 0 Å². The number of hydrazone groups is 1. The summed E-state index contributed by atoms with van der Waals surface area (Å²) >= 11 is 0. The molecule has 4 nitrogen and oxygen atoms in total. The zero-order valence-corrected chi connectivity index (χ0v) is 16.7. The molecule has 0 spiro atoms. The first kappa shape index (κ1) is 19.2. The molecule has 27 heavy (non-hydrogen) atoms. The van der Waals surface area contributed by atoms with E-state index in [1.54, 1.807) is 5.01 Å². The zero-order valence-electron chi connectivity index (χ0n) is 16.7. The van der Waals surface area contributed by atoms with Crippen molar-refractivity contribution in [2.45, 2.75) is 52.5 Å². The number of hydrogen-bond acceptors (Lipinski definition) is 3. The number of aryl methyl sites for hydroxylation is 2. The van der Waals surface area contributed by atoms with Gasteiger partial charge in [0.1, 0.15) is 0 Å². The van der Waals surface area contributed by atoms with Crippen LogP contribution in [0.4, 0.5) is 5.69 Å². The molecule has 1 N–H and O–H groups in total. The van der Waals surface area contributed by atoms with Crippen molar-refractivity contribution in [1.29, 1.82) is 0 Å². The molecule has 1 aliphatic rings. The van der Waals surface area contributed by atoms with Gasteiger partial charge in [-0.1, -0.05) is 47.5 Å². The number of carbonyl (C=O) groups excluding carboxylic acids is 1. The topological polar surface area (TPSA) is 44.7 Å². The van der Waals surface area contributed by atoms with Crippen molar-refractivity contribution in [3.63, 3.8) is 0 Å². The number of hydrogen-bond donors (Lipinski definition) is 1. The molecule has 0 saturated carbocycles. The third-order valence-electron chi connectivity index (χ3n) is 4.86. The Kier molecular flexibility index (Phi) is 5.64. The highest BCUT2D eigenvalue weighted by Crippen LogP contribution is 2.30. The second kappa shape index (κ2) is 7.95. The van der Waals surface area contributed by atoms with Crippen molar-refractivity contribution in [2.24, 2.45) is 5.10 Å². The lowest BCUT2D eigenvalue weighted by molar-refractivity contribution is -0.135. The van der Waals surface area contributed by atoms with Gasteiger partial charge in [0.15, 0.2) is 0 Å². The van der Waals surface area contributed by atoms with Crippen LogP contribution in [-0.4, -0.2) is 28.7 Å². The number of nitrogens with one attached hydrogen (secondary N) is 1. The second-order valence-electron chi connectivity index (χ2n) is 8.01. The smallest absolute Gasteiger partial charge is 0.243 e. The fourth-order valence-corrected chi connectivity index (χ4v) is 3.60. The second-order valence-corrected chi connectivity index (χ2v) is 8.01. The van der Waals surface area contributed by atoms with E-state index in [2.05, 4.69) is 51.2 Å². The first-order valence-corrected chi connectivity index (χ1v) is 9.63. The maximum absolute atomic E-state index is 12.8. The Balaban J connectivity index is 1.62. The van der Waals surface area contributed by atoms with Crippen molar-refractivity contribution in [3.05, 3.63) is 65.2 Å². The summed E-state index contributed by atoms with van der Waals surface area (Å²) in [5, 5.41) is 9.76. The van der Waals surface area contributed by atoms with Crippen LogP contribution in [0.5, 0.6) is 0 Å². The largest absolute Gasteiger partial charge is 0.385 e. The predicted molar refractivity (Wildman–Crippen MR) is 112 cm³/mol. The molecule has 0 saturated heterocycles. The van der Waals surface area contributed by atoms with Crippen LogP contribution in [0.3, 0.4) is 0 Å². The zero-order chi connectivity index (χ0) is 19.4. The third kappa shape index (κ3) is 4.76. The fraction of sp³-hybridized carbons (Fsp3) is 0.391. The van der Waals surface area contributed by atoms with Gasteiger partial charge in [0.2, 0.25) is 5.91 Å². The van der Waals surface area contributed by atoms with Crippen LogP contribution in [0, 0.1) is 13.8 Å². The molecule has 0 aromatic heterocycles. The van der Waals surface area contributed by atoms with Crippen LogP contribution in [0.2, 0.25) is 0 Å². The van der Waals surface area contributed by atoms with Crippen molar-refractivity contribution < 1.29 is 4.79 Å². The minimum Gasteiger partial charge on any atom is -0.385 e. The van der Waals surface area contributed by atoms with Crippen LogP contribution in [0.1, 0.15) is 49.8 Å². The monoisotopic (exact) mass is 363 g/mol. The van der Waals surface area contributed by atoms with Gasteiger partial charge in [-0.05, 0) is 51.8 Å². The maximum Gasteiger partial charge on any atom is 0.243 e. The van der Waals surface area contributed by atoms with Gasteiger partial charge in [-0.25, -0.2) is 5.01 Å². The summed E-state index contributed by atoms with van der Waals surface area (Å²) < 4.78 is 0. The molecule has 0 unspecified atom stereocenters. The molecule has 0 radical (unpaired) electrons. The Morgan fingerprint density at radius 3 is 2.44 bits per heavy atom. The van der Waals surface area contributed by atoms with Gasteiger partial charge in [0.25, 0.3) is 0 Å². The number of nitrogens with zero attached hydrogens (tertiary/aromatic N) is 2. The number of carbonyl (C=O) groups is 1. The minimum absolute atomic E-state index is 0.0919.